The SMILES string of the molecule is Cc1ccc(NC(=O)[C@@H](CN)NC[C@@H]2CCCN2)cc1C(=O)N[C@H](C)c1cccc2ccccc12.O=C(O)C(F)(F)F.O=C(O)C(F)(F)F.O=C(O)C(F)(F)F. The molecule has 3 aromatic carbocycles. The topological polar surface area (TPSA) is 220 Å². The summed E-state index contributed by atoms with van der Waals surface area (Å²) in [7, 11) is 0. The van der Waals surface area contributed by atoms with Crippen LogP contribution in [-0.4, -0.2) is 95.3 Å². The molecular formula is C34H38F9N5O8. The fourth-order valence-electron chi connectivity index (χ4n) is 4.65. The van der Waals surface area contributed by atoms with Crippen LogP contribution in [0.2, 0.25) is 0 Å². The number of amides is 2. The fraction of sp³-hybridized carbons (Fsp3) is 0.382. The second-order valence-corrected chi connectivity index (χ2v) is 11.7. The molecule has 9 N–H and O–H groups in total. The highest BCUT2D eigenvalue weighted by atomic mass is 19.4. The second-order valence-electron chi connectivity index (χ2n) is 11.7. The Labute approximate surface area is 312 Å². The van der Waals surface area contributed by atoms with Gasteiger partial charge in [-0.15, -0.1) is 0 Å². The number of nitrogens with one attached hydrogen (secondary N) is 4. The van der Waals surface area contributed by atoms with Crippen molar-refractivity contribution in [1.82, 2.24) is 16.0 Å². The van der Waals surface area contributed by atoms with Gasteiger partial charge in [-0.3, -0.25) is 9.59 Å². The van der Waals surface area contributed by atoms with Gasteiger partial charge in [-0.2, -0.15) is 39.5 Å². The molecule has 0 radical (unpaired) electrons. The number of benzene rings is 3. The molecule has 56 heavy (non-hydrogen) atoms. The van der Waals surface area contributed by atoms with Crippen molar-refractivity contribution in [3.05, 3.63) is 77.4 Å². The van der Waals surface area contributed by atoms with Gasteiger partial charge >= 0.3 is 36.4 Å². The Kier molecular flexibility index (Phi) is 18.7. The summed E-state index contributed by atoms with van der Waals surface area (Å²) in [5.41, 5.74) is 8.86. The van der Waals surface area contributed by atoms with E-state index in [9.17, 15) is 49.1 Å². The summed E-state index contributed by atoms with van der Waals surface area (Å²) in [6.45, 7) is 5.78. The molecule has 3 atom stereocenters. The number of carboxylic acid groups (broad SMARTS) is 3. The molecule has 1 saturated heterocycles. The molecule has 310 valence electrons. The van der Waals surface area contributed by atoms with Crippen molar-refractivity contribution >= 4 is 46.2 Å². The number of anilines is 1. The highest BCUT2D eigenvalue weighted by Crippen LogP contribution is 2.25. The zero-order chi connectivity index (χ0) is 43.0. The van der Waals surface area contributed by atoms with Crippen LogP contribution in [0.25, 0.3) is 10.8 Å². The van der Waals surface area contributed by atoms with Crippen molar-refractivity contribution in [2.24, 2.45) is 5.73 Å². The molecule has 0 saturated carbocycles. The van der Waals surface area contributed by atoms with E-state index in [-0.39, 0.29) is 24.4 Å². The average molecular weight is 816 g/mol. The van der Waals surface area contributed by atoms with Crippen LogP contribution >= 0.6 is 0 Å². The third-order valence-corrected chi connectivity index (χ3v) is 7.44. The maximum absolute atomic E-state index is 13.2. The quantitative estimate of drug-likeness (QED) is 0.132. The minimum Gasteiger partial charge on any atom is -0.475 e. The molecular weight excluding hydrogens is 777 g/mol. The smallest absolute Gasteiger partial charge is 0.475 e. The molecule has 0 aliphatic carbocycles. The molecule has 1 aliphatic rings. The number of fused-ring (bicyclic) bond motifs is 1. The first kappa shape index (κ1) is 48.5. The highest BCUT2D eigenvalue weighted by Gasteiger charge is 2.39. The predicted octanol–water partition coefficient (Wildman–Crippen LogP) is 5.15. The second kappa shape index (κ2) is 21.6. The normalized spacial score (nSPS) is 15.0. The summed E-state index contributed by atoms with van der Waals surface area (Å²) in [4.78, 5) is 52.7. The summed E-state index contributed by atoms with van der Waals surface area (Å²) in [5.74, 6) is -8.66. The first-order valence-corrected chi connectivity index (χ1v) is 16.1. The summed E-state index contributed by atoms with van der Waals surface area (Å²) in [6, 6.07) is 19.3. The number of aliphatic carboxylic acids is 3. The van der Waals surface area contributed by atoms with Crippen molar-refractivity contribution in [2.45, 2.75) is 63.3 Å². The average Bonchev–Trinajstić information content (AvgIpc) is 3.62. The van der Waals surface area contributed by atoms with E-state index in [0.717, 1.165) is 41.3 Å². The minimum absolute atomic E-state index is 0.179. The van der Waals surface area contributed by atoms with Gasteiger partial charge in [0.15, 0.2) is 0 Å². The molecule has 0 aromatic heterocycles. The van der Waals surface area contributed by atoms with Crippen LogP contribution in [-0.2, 0) is 19.2 Å². The van der Waals surface area contributed by atoms with Crippen molar-refractivity contribution in [1.29, 1.82) is 0 Å². The van der Waals surface area contributed by atoms with Crippen LogP contribution in [0.15, 0.2) is 60.7 Å². The van der Waals surface area contributed by atoms with E-state index in [2.05, 4.69) is 39.5 Å². The van der Waals surface area contributed by atoms with Crippen molar-refractivity contribution in [3.8, 4) is 0 Å². The van der Waals surface area contributed by atoms with Gasteiger partial charge in [0.1, 0.15) is 0 Å². The Morgan fingerprint density at radius 3 is 1.82 bits per heavy atom. The number of halogens is 9. The van der Waals surface area contributed by atoms with Crippen LogP contribution in [0, 0.1) is 6.92 Å². The minimum atomic E-state index is -5.08. The number of carbonyl (C=O) groups is 5. The number of aryl methyl sites for hydroxylation is 1. The number of nitrogens with two attached hydrogens (primary N) is 1. The molecule has 13 nitrogen and oxygen atoms in total. The summed E-state index contributed by atoms with van der Waals surface area (Å²) >= 11 is 0. The van der Waals surface area contributed by atoms with Crippen molar-refractivity contribution in [2.75, 3.05) is 25.0 Å². The third kappa shape index (κ3) is 16.9. The van der Waals surface area contributed by atoms with Crippen LogP contribution in [0.1, 0.15) is 47.3 Å². The number of carbonyl (C=O) groups excluding carboxylic acids is 2. The van der Waals surface area contributed by atoms with Gasteiger partial charge in [0.05, 0.1) is 12.1 Å². The lowest BCUT2D eigenvalue weighted by Gasteiger charge is -2.20. The molecule has 22 heteroatoms. The zero-order valence-electron chi connectivity index (χ0n) is 29.4. The van der Waals surface area contributed by atoms with Crippen LogP contribution in [0.3, 0.4) is 0 Å². The highest BCUT2D eigenvalue weighted by molar-refractivity contribution is 6.00. The van der Waals surface area contributed by atoms with Crippen LogP contribution < -0.4 is 27.0 Å². The van der Waals surface area contributed by atoms with Gasteiger partial charge in [0, 0.05) is 30.4 Å². The molecule has 1 aliphatic heterocycles. The molecule has 2 amide bonds. The maximum Gasteiger partial charge on any atom is 0.490 e. The Bertz CT molecular complexity index is 1740. The van der Waals surface area contributed by atoms with E-state index < -0.39 is 42.5 Å². The van der Waals surface area contributed by atoms with Gasteiger partial charge in [-0.05, 0) is 67.3 Å². The molecule has 3 aromatic rings. The Morgan fingerprint density at radius 1 is 0.821 bits per heavy atom. The van der Waals surface area contributed by atoms with Crippen molar-refractivity contribution < 1.29 is 78.8 Å². The molecule has 1 fully saturated rings. The standard InChI is InChI=1S/C28H35N5O2.3C2HF3O2/c1-18-12-13-21(33-28(35)26(16-29)31-17-22-9-6-14-30-22)15-25(18)27(34)32-19(2)23-11-5-8-20-7-3-4-10-24(20)23;3*3-2(4,5)1(6)7/h3-5,7-8,10-13,15,19,22,26,30-31H,6,9,14,16-17,29H2,1-2H3,(H,32,34)(H,33,35);3*(H,6,7)/t19-,22+,26-;;;/m1.../s1. The van der Waals surface area contributed by atoms with Gasteiger partial charge < -0.3 is 42.3 Å². The molecule has 0 bridgehead atoms. The third-order valence-electron chi connectivity index (χ3n) is 7.44. The largest absolute Gasteiger partial charge is 0.490 e. The Balaban J connectivity index is 0.000000610. The summed E-state index contributed by atoms with van der Waals surface area (Å²) < 4.78 is 95.2. The first-order chi connectivity index (χ1) is 25.8. The number of alkyl halides is 9. The van der Waals surface area contributed by atoms with E-state index in [0.29, 0.717) is 23.8 Å². The zero-order valence-corrected chi connectivity index (χ0v) is 29.4. The van der Waals surface area contributed by atoms with Gasteiger partial charge in [0.2, 0.25) is 5.91 Å². The maximum atomic E-state index is 13.2. The number of carboxylic acids is 3. The lowest BCUT2D eigenvalue weighted by molar-refractivity contribution is -0.193. The van der Waals surface area contributed by atoms with E-state index in [1.807, 2.05) is 50.2 Å². The molecule has 0 spiro atoms. The lowest BCUT2D eigenvalue weighted by atomic mass is 9.99. The summed E-state index contributed by atoms with van der Waals surface area (Å²) in [5, 5.41) is 36.3. The molecule has 4 rings (SSSR count). The monoisotopic (exact) mass is 815 g/mol. The van der Waals surface area contributed by atoms with Crippen LogP contribution in [0.5, 0.6) is 0 Å². The number of hydrogen-bond donors (Lipinski definition) is 8. The van der Waals surface area contributed by atoms with Crippen LogP contribution in [0.4, 0.5) is 45.2 Å². The Hall–Kier alpha value is -5.48. The van der Waals surface area contributed by atoms with Gasteiger partial charge in [0.25, 0.3) is 5.91 Å². The predicted molar refractivity (Wildman–Crippen MR) is 183 cm³/mol. The van der Waals surface area contributed by atoms with E-state index >= 15 is 0 Å². The van der Waals surface area contributed by atoms with Crippen molar-refractivity contribution in [3.63, 3.8) is 0 Å². The van der Waals surface area contributed by atoms with E-state index in [1.54, 1.807) is 6.07 Å². The number of rotatable bonds is 9. The summed E-state index contributed by atoms with van der Waals surface area (Å²) in [6.07, 6.45) is -13.0. The fourth-order valence-corrected chi connectivity index (χ4v) is 4.65. The Morgan fingerprint density at radius 2 is 1.34 bits per heavy atom. The van der Waals surface area contributed by atoms with Gasteiger partial charge in [-0.1, -0.05) is 48.5 Å². The lowest BCUT2D eigenvalue weighted by Crippen LogP contribution is -2.49. The molecule has 0 unspecified atom stereocenters. The number of hydrogen-bond acceptors (Lipinski definition) is 8. The van der Waals surface area contributed by atoms with Gasteiger partial charge in [-0.25, -0.2) is 14.4 Å². The van der Waals surface area contributed by atoms with E-state index in [4.69, 9.17) is 35.4 Å². The first-order valence-electron chi connectivity index (χ1n) is 16.1. The molecule has 1 heterocycles. The van der Waals surface area contributed by atoms with E-state index in [1.165, 1.54) is 0 Å².